The Hall–Kier alpha value is -1.20. The van der Waals surface area contributed by atoms with Gasteiger partial charge in [-0.2, -0.15) is 0 Å². The molecule has 3 rings (SSSR count). The van der Waals surface area contributed by atoms with Crippen molar-refractivity contribution in [3.05, 3.63) is 17.3 Å². The fraction of sp³-hybridized carbons (Fsp3) is 0.571. The number of hydrogen-bond donors (Lipinski definition) is 2. The number of nitrogens with zero attached hydrogens (tertiary/aromatic N) is 2. The van der Waals surface area contributed by atoms with Crippen LogP contribution in [-0.4, -0.2) is 27.2 Å². The van der Waals surface area contributed by atoms with Crippen molar-refractivity contribution in [2.24, 2.45) is 5.92 Å². The molecule has 0 amide bonds. The topological polar surface area (TPSA) is 58.0 Å². The molecule has 1 atom stereocenters. The Morgan fingerprint density at radius 3 is 2.89 bits per heavy atom. The lowest BCUT2D eigenvalue weighted by Gasteiger charge is -2.29. The van der Waals surface area contributed by atoms with Gasteiger partial charge in [-0.1, -0.05) is 6.92 Å². The van der Waals surface area contributed by atoms with Crippen LogP contribution in [-0.2, 0) is 6.42 Å². The second-order valence-corrected chi connectivity index (χ2v) is 6.60. The van der Waals surface area contributed by atoms with E-state index in [1.807, 2.05) is 0 Å². The van der Waals surface area contributed by atoms with Crippen LogP contribution >= 0.6 is 11.3 Å². The minimum atomic E-state index is -0.268. The molecule has 1 unspecified atom stereocenters. The van der Waals surface area contributed by atoms with E-state index in [4.69, 9.17) is 0 Å². The summed E-state index contributed by atoms with van der Waals surface area (Å²) < 4.78 is 0. The first-order valence-corrected chi connectivity index (χ1v) is 7.60. The highest BCUT2D eigenvalue weighted by Gasteiger charge is 2.41. The third-order valence-corrected chi connectivity index (χ3v) is 5.13. The predicted molar refractivity (Wildman–Crippen MR) is 78.6 cm³/mol. The lowest BCUT2D eigenvalue weighted by molar-refractivity contribution is 0.206. The Morgan fingerprint density at radius 2 is 2.26 bits per heavy atom. The van der Waals surface area contributed by atoms with Gasteiger partial charge in [-0.05, 0) is 38.2 Å². The summed E-state index contributed by atoms with van der Waals surface area (Å²) >= 11 is 1.72. The summed E-state index contributed by atoms with van der Waals surface area (Å²) in [7, 11) is 0. The van der Waals surface area contributed by atoms with E-state index in [0.29, 0.717) is 5.92 Å². The summed E-state index contributed by atoms with van der Waals surface area (Å²) in [5, 5.41) is 14.2. The van der Waals surface area contributed by atoms with Gasteiger partial charge in [-0.15, -0.1) is 11.3 Å². The summed E-state index contributed by atoms with van der Waals surface area (Å²) in [6, 6.07) is 2.16. The molecule has 19 heavy (non-hydrogen) atoms. The van der Waals surface area contributed by atoms with Crippen molar-refractivity contribution < 1.29 is 5.11 Å². The van der Waals surface area contributed by atoms with Crippen molar-refractivity contribution >= 4 is 27.4 Å². The van der Waals surface area contributed by atoms with E-state index in [-0.39, 0.29) is 12.1 Å². The minimum absolute atomic E-state index is 0.133. The molecule has 0 aliphatic heterocycles. The van der Waals surface area contributed by atoms with E-state index < -0.39 is 0 Å². The molecular weight excluding hydrogens is 258 g/mol. The zero-order valence-electron chi connectivity index (χ0n) is 11.3. The molecule has 5 heteroatoms. The van der Waals surface area contributed by atoms with Gasteiger partial charge >= 0.3 is 0 Å². The predicted octanol–water partition coefficient (Wildman–Crippen LogP) is 2.83. The number of fused-ring (bicyclic) bond motifs is 1. The molecule has 4 nitrogen and oxygen atoms in total. The van der Waals surface area contributed by atoms with Crippen LogP contribution in [0.5, 0.6) is 0 Å². The average Bonchev–Trinajstić information content (AvgIpc) is 3.19. The first-order chi connectivity index (χ1) is 9.16. The summed E-state index contributed by atoms with van der Waals surface area (Å²) in [4.78, 5) is 11.0. The molecule has 0 spiro atoms. The van der Waals surface area contributed by atoms with Gasteiger partial charge in [0, 0.05) is 4.88 Å². The van der Waals surface area contributed by atoms with Gasteiger partial charge < -0.3 is 10.4 Å². The number of nitrogens with one attached hydrogen (secondary N) is 1. The normalized spacial score (nSPS) is 18.5. The standard InChI is InChI=1S/C14H19N3OS/c1-3-10-6-11-12(15-8-16-13(11)19-10)17-14(2,7-18)9-4-5-9/h6,8-9,18H,3-5,7H2,1-2H3,(H,15,16,17). The number of rotatable bonds is 5. The average molecular weight is 277 g/mol. The maximum absolute atomic E-state index is 9.68. The van der Waals surface area contributed by atoms with Crippen LogP contribution in [0.4, 0.5) is 5.82 Å². The first kappa shape index (κ1) is 12.8. The van der Waals surface area contributed by atoms with Crippen LogP contribution in [0.2, 0.25) is 0 Å². The SMILES string of the molecule is CCc1cc2c(NC(C)(CO)C3CC3)ncnc2s1. The smallest absolute Gasteiger partial charge is 0.138 e. The lowest BCUT2D eigenvalue weighted by atomic mass is 9.97. The van der Waals surface area contributed by atoms with Gasteiger partial charge in [0.2, 0.25) is 0 Å². The molecule has 2 heterocycles. The van der Waals surface area contributed by atoms with Crippen molar-refractivity contribution in [2.75, 3.05) is 11.9 Å². The first-order valence-electron chi connectivity index (χ1n) is 6.78. The number of aliphatic hydroxyl groups excluding tert-OH is 1. The van der Waals surface area contributed by atoms with E-state index >= 15 is 0 Å². The van der Waals surface area contributed by atoms with Crippen LogP contribution in [0.25, 0.3) is 10.2 Å². The fourth-order valence-electron chi connectivity index (χ4n) is 2.44. The summed E-state index contributed by atoms with van der Waals surface area (Å²) in [5.41, 5.74) is -0.268. The van der Waals surface area contributed by atoms with E-state index in [9.17, 15) is 5.11 Å². The van der Waals surface area contributed by atoms with Gasteiger partial charge in [-0.3, -0.25) is 0 Å². The zero-order valence-corrected chi connectivity index (χ0v) is 12.1. The molecule has 2 aromatic heterocycles. The lowest BCUT2D eigenvalue weighted by Crippen LogP contribution is -2.41. The molecule has 2 N–H and O–H groups in total. The Labute approximate surface area is 116 Å². The molecule has 0 radical (unpaired) electrons. The third kappa shape index (κ3) is 2.32. The van der Waals surface area contributed by atoms with E-state index in [1.54, 1.807) is 17.7 Å². The van der Waals surface area contributed by atoms with Crippen molar-refractivity contribution in [2.45, 2.75) is 38.6 Å². The van der Waals surface area contributed by atoms with Gasteiger partial charge in [0.25, 0.3) is 0 Å². The van der Waals surface area contributed by atoms with Crippen molar-refractivity contribution in [3.63, 3.8) is 0 Å². The van der Waals surface area contributed by atoms with Gasteiger partial charge in [0.05, 0.1) is 17.5 Å². The van der Waals surface area contributed by atoms with Crippen LogP contribution in [0.1, 0.15) is 31.6 Å². The highest BCUT2D eigenvalue weighted by molar-refractivity contribution is 7.18. The third-order valence-electron chi connectivity index (χ3n) is 3.94. The summed E-state index contributed by atoms with van der Waals surface area (Å²) in [6.07, 6.45) is 4.98. The number of anilines is 1. The molecule has 2 aromatic rings. The minimum Gasteiger partial charge on any atom is -0.394 e. The van der Waals surface area contributed by atoms with E-state index in [2.05, 4.69) is 35.2 Å². The summed E-state index contributed by atoms with van der Waals surface area (Å²) in [6.45, 7) is 4.35. The molecule has 102 valence electrons. The molecule has 0 aromatic carbocycles. The van der Waals surface area contributed by atoms with Crippen LogP contribution in [0, 0.1) is 5.92 Å². The van der Waals surface area contributed by atoms with Gasteiger partial charge in [0.15, 0.2) is 0 Å². The fourth-order valence-corrected chi connectivity index (χ4v) is 3.38. The van der Waals surface area contributed by atoms with Crippen molar-refractivity contribution in [1.82, 2.24) is 9.97 Å². The second kappa shape index (κ2) is 4.72. The Kier molecular flexibility index (Phi) is 3.19. The molecule has 0 bridgehead atoms. The molecule has 1 fully saturated rings. The van der Waals surface area contributed by atoms with Crippen molar-refractivity contribution in [3.8, 4) is 0 Å². The van der Waals surface area contributed by atoms with Crippen LogP contribution in [0.15, 0.2) is 12.4 Å². The monoisotopic (exact) mass is 277 g/mol. The Balaban J connectivity index is 1.97. The second-order valence-electron chi connectivity index (χ2n) is 5.48. The van der Waals surface area contributed by atoms with Crippen LogP contribution < -0.4 is 5.32 Å². The highest BCUT2D eigenvalue weighted by Crippen LogP contribution is 2.42. The maximum atomic E-state index is 9.68. The van der Waals surface area contributed by atoms with Gasteiger partial charge in [0.1, 0.15) is 17.0 Å². The Bertz CT molecular complexity index is 593. The van der Waals surface area contributed by atoms with E-state index in [1.165, 1.54) is 17.7 Å². The van der Waals surface area contributed by atoms with E-state index in [0.717, 1.165) is 22.5 Å². The molecule has 1 saturated carbocycles. The molecule has 0 saturated heterocycles. The van der Waals surface area contributed by atoms with Crippen molar-refractivity contribution in [1.29, 1.82) is 0 Å². The summed E-state index contributed by atoms with van der Waals surface area (Å²) in [5.74, 6) is 1.40. The molecular formula is C14H19N3OS. The number of thiophene rings is 1. The van der Waals surface area contributed by atoms with Gasteiger partial charge in [-0.25, -0.2) is 9.97 Å². The quantitative estimate of drug-likeness (QED) is 0.882. The number of hydrogen-bond acceptors (Lipinski definition) is 5. The molecule has 1 aliphatic carbocycles. The Morgan fingerprint density at radius 1 is 1.47 bits per heavy atom. The maximum Gasteiger partial charge on any atom is 0.138 e. The number of aliphatic hydroxyl groups is 1. The highest BCUT2D eigenvalue weighted by atomic mass is 32.1. The largest absolute Gasteiger partial charge is 0.394 e. The zero-order chi connectivity index (χ0) is 13.5. The number of aromatic nitrogens is 2. The van der Waals surface area contributed by atoms with Crippen LogP contribution in [0.3, 0.4) is 0 Å². The number of aryl methyl sites for hydroxylation is 1. The molecule has 1 aliphatic rings.